The number of likely N-dealkylation sites (tertiary alicyclic amines) is 1. The number of aromatic nitrogens is 2. The van der Waals surface area contributed by atoms with E-state index in [0.717, 1.165) is 43.6 Å². The summed E-state index contributed by atoms with van der Waals surface area (Å²) in [5, 5.41) is 0. The predicted octanol–water partition coefficient (Wildman–Crippen LogP) is 1.25. The smallest absolute Gasteiger partial charge is 0.147 e. The van der Waals surface area contributed by atoms with Crippen LogP contribution < -0.4 is 4.90 Å². The van der Waals surface area contributed by atoms with E-state index in [1.165, 1.54) is 32.5 Å². The molecular weight excluding hydrogens is 262 g/mol. The van der Waals surface area contributed by atoms with Crippen molar-refractivity contribution in [1.82, 2.24) is 19.8 Å². The zero-order chi connectivity index (χ0) is 14.7. The van der Waals surface area contributed by atoms with E-state index >= 15 is 0 Å². The van der Waals surface area contributed by atoms with Crippen molar-refractivity contribution in [2.75, 3.05) is 57.8 Å². The van der Waals surface area contributed by atoms with Crippen LogP contribution in [-0.2, 0) is 0 Å². The first-order valence-corrected chi connectivity index (χ1v) is 8.15. The van der Waals surface area contributed by atoms with Gasteiger partial charge in [0.1, 0.15) is 5.82 Å². The molecule has 2 aliphatic rings. The summed E-state index contributed by atoms with van der Waals surface area (Å²) < 4.78 is 0. The highest BCUT2D eigenvalue weighted by molar-refractivity contribution is 5.36. The molecule has 1 aromatic heterocycles. The average Bonchev–Trinajstić information content (AvgIpc) is 2.51. The van der Waals surface area contributed by atoms with Crippen LogP contribution in [0.3, 0.4) is 0 Å². The molecule has 0 saturated carbocycles. The summed E-state index contributed by atoms with van der Waals surface area (Å²) in [7, 11) is 2.23. The first-order valence-electron chi connectivity index (χ1n) is 8.15. The monoisotopic (exact) mass is 289 g/mol. The summed E-state index contributed by atoms with van der Waals surface area (Å²) >= 11 is 0. The Morgan fingerprint density at radius 3 is 2.33 bits per heavy atom. The van der Waals surface area contributed by atoms with E-state index in [0.29, 0.717) is 0 Å². The number of hydrogen-bond acceptors (Lipinski definition) is 5. The van der Waals surface area contributed by atoms with Gasteiger partial charge in [0.25, 0.3) is 0 Å². The van der Waals surface area contributed by atoms with Crippen molar-refractivity contribution in [2.45, 2.75) is 19.8 Å². The summed E-state index contributed by atoms with van der Waals surface area (Å²) in [6, 6.07) is 0. The van der Waals surface area contributed by atoms with Crippen LogP contribution in [0, 0.1) is 12.8 Å². The highest BCUT2D eigenvalue weighted by atomic mass is 15.3. The van der Waals surface area contributed by atoms with Crippen LogP contribution in [0.5, 0.6) is 0 Å². The lowest BCUT2D eigenvalue weighted by atomic mass is 9.96. The third-order valence-electron chi connectivity index (χ3n) is 4.82. The van der Waals surface area contributed by atoms with Crippen molar-refractivity contribution < 1.29 is 0 Å². The molecule has 3 rings (SSSR count). The number of piperidine rings is 1. The Bertz CT molecular complexity index is 430. The molecule has 0 N–H and O–H groups in total. The van der Waals surface area contributed by atoms with Crippen LogP contribution in [-0.4, -0.2) is 72.6 Å². The molecule has 0 aromatic carbocycles. The number of aryl methyl sites for hydroxylation is 1. The minimum Gasteiger partial charge on any atom is -0.353 e. The molecule has 3 heterocycles. The summed E-state index contributed by atoms with van der Waals surface area (Å²) in [5.41, 5.74) is 0.986. The topological polar surface area (TPSA) is 35.5 Å². The minimum atomic E-state index is 0.895. The standard InChI is InChI=1S/C16H27N5/c1-14-11-18-16(12-17-14)21-9-7-20(8-10-21)13-15-3-5-19(2)6-4-15/h11-12,15H,3-10,13H2,1-2H3. The van der Waals surface area contributed by atoms with Crippen LogP contribution in [0.4, 0.5) is 5.82 Å². The quantitative estimate of drug-likeness (QED) is 0.837. The van der Waals surface area contributed by atoms with Gasteiger partial charge in [-0.1, -0.05) is 0 Å². The molecule has 1 aromatic rings. The maximum Gasteiger partial charge on any atom is 0.147 e. The van der Waals surface area contributed by atoms with Crippen molar-refractivity contribution in [1.29, 1.82) is 0 Å². The Balaban J connectivity index is 1.45. The Hall–Kier alpha value is -1.20. The lowest BCUT2D eigenvalue weighted by molar-refractivity contribution is 0.155. The number of rotatable bonds is 3. The SMILES string of the molecule is Cc1cnc(N2CCN(CC3CCN(C)CC3)CC2)cn1. The molecular formula is C16H27N5. The fraction of sp³-hybridized carbons (Fsp3) is 0.750. The molecule has 0 atom stereocenters. The summed E-state index contributed by atoms with van der Waals surface area (Å²) in [6.45, 7) is 10.3. The molecule has 21 heavy (non-hydrogen) atoms. The molecule has 0 radical (unpaired) electrons. The third kappa shape index (κ3) is 3.92. The van der Waals surface area contributed by atoms with E-state index in [-0.39, 0.29) is 0 Å². The van der Waals surface area contributed by atoms with Crippen molar-refractivity contribution in [3.05, 3.63) is 18.1 Å². The van der Waals surface area contributed by atoms with Gasteiger partial charge in [-0.3, -0.25) is 9.88 Å². The van der Waals surface area contributed by atoms with Crippen LogP contribution in [0.2, 0.25) is 0 Å². The van der Waals surface area contributed by atoms with Crippen molar-refractivity contribution in [3.63, 3.8) is 0 Å². The second-order valence-electron chi connectivity index (χ2n) is 6.55. The van der Waals surface area contributed by atoms with Gasteiger partial charge in [-0.15, -0.1) is 0 Å². The van der Waals surface area contributed by atoms with Crippen LogP contribution in [0.15, 0.2) is 12.4 Å². The zero-order valence-electron chi connectivity index (χ0n) is 13.3. The van der Waals surface area contributed by atoms with E-state index in [2.05, 4.69) is 31.7 Å². The van der Waals surface area contributed by atoms with E-state index in [1.807, 2.05) is 19.3 Å². The first kappa shape index (κ1) is 14.7. The molecule has 0 unspecified atom stereocenters. The predicted molar refractivity (Wildman–Crippen MR) is 85.6 cm³/mol. The Labute approximate surface area is 128 Å². The molecule has 2 saturated heterocycles. The summed E-state index contributed by atoms with van der Waals surface area (Å²) in [4.78, 5) is 16.3. The fourth-order valence-corrected chi connectivity index (χ4v) is 3.32. The van der Waals surface area contributed by atoms with Gasteiger partial charge in [0.05, 0.1) is 18.1 Å². The van der Waals surface area contributed by atoms with Gasteiger partial charge in [-0.2, -0.15) is 0 Å². The summed E-state index contributed by atoms with van der Waals surface area (Å²) in [5.74, 6) is 1.92. The number of anilines is 1. The molecule has 116 valence electrons. The molecule has 5 nitrogen and oxygen atoms in total. The Morgan fingerprint density at radius 2 is 1.71 bits per heavy atom. The highest BCUT2D eigenvalue weighted by Crippen LogP contribution is 2.19. The molecule has 2 fully saturated rings. The lowest BCUT2D eigenvalue weighted by Crippen LogP contribution is -2.49. The van der Waals surface area contributed by atoms with Crippen molar-refractivity contribution in [2.24, 2.45) is 5.92 Å². The molecule has 0 bridgehead atoms. The number of piperazine rings is 1. The maximum absolute atomic E-state index is 4.49. The van der Waals surface area contributed by atoms with Gasteiger partial charge in [-0.05, 0) is 45.8 Å². The van der Waals surface area contributed by atoms with E-state index in [1.54, 1.807) is 0 Å². The molecule has 0 spiro atoms. The minimum absolute atomic E-state index is 0.895. The van der Waals surface area contributed by atoms with Crippen molar-refractivity contribution >= 4 is 5.82 Å². The largest absolute Gasteiger partial charge is 0.353 e. The first-order chi connectivity index (χ1) is 10.2. The van der Waals surface area contributed by atoms with E-state index in [9.17, 15) is 0 Å². The summed E-state index contributed by atoms with van der Waals surface area (Å²) in [6.07, 6.45) is 6.49. The molecule has 0 aliphatic carbocycles. The third-order valence-corrected chi connectivity index (χ3v) is 4.82. The average molecular weight is 289 g/mol. The van der Waals surface area contributed by atoms with Crippen LogP contribution >= 0.6 is 0 Å². The second kappa shape index (κ2) is 6.71. The van der Waals surface area contributed by atoms with Crippen LogP contribution in [0.25, 0.3) is 0 Å². The fourth-order valence-electron chi connectivity index (χ4n) is 3.32. The van der Waals surface area contributed by atoms with Gasteiger partial charge < -0.3 is 9.80 Å². The van der Waals surface area contributed by atoms with Crippen LogP contribution in [0.1, 0.15) is 18.5 Å². The Kier molecular flexibility index (Phi) is 4.70. The van der Waals surface area contributed by atoms with E-state index < -0.39 is 0 Å². The molecule has 5 heteroatoms. The number of nitrogens with zero attached hydrogens (tertiary/aromatic N) is 5. The maximum atomic E-state index is 4.49. The normalized spacial score (nSPS) is 22.7. The van der Waals surface area contributed by atoms with Gasteiger partial charge in [0.15, 0.2) is 0 Å². The molecule has 0 amide bonds. The highest BCUT2D eigenvalue weighted by Gasteiger charge is 2.23. The number of hydrogen-bond donors (Lipinski definition) is 0. The zero-order valence-corrected chi connectivity index (χ0v) is 13.3. The van der Waals surface area contributed by atoms with Gasteiger partial charge >= 0.3 is 0 Å². The second-order valence-corrected chi connectivity index (χ2v) is 6.55. The lowest BCUT2D eigenvalue weighted by Gasteiger charge is -2.38. The van der Waals surface area contributed by atoms with E-state index in [4.69, 9.17) is 0 Å². The Morgan fingerprint density at radius 1 is 1.00 bits per heavy atom. The van der Waals surface area contributed by atoms with Crippen molar-refractivity contribution in [3.8, 4) is 0 Å². The molecule has 2 aliphatic heterocycles. The van der Waals surface area contributed by atoms with Gasteiger partial charge in [0.2, 0.25) is 0 Å². The van der Waals surface area contributed by atoms with Gasteiger partial charge in [-0.25, -0.2) is 4.98 Å². The van der Waals surface area contributed by atoms with Gasteiger partial charge in [0, 0.05) is 32.7 Å².